The smallest absolute Gasteiger partial charge is 0.224 e. The second kappa shape index (κ2) is 2.90. The van der Waals surface area contributed by atoms with Gasteiger partial charge in [-0.25, -0.2) is 9.97 Å². The molecule has 0 saturated carbocycles. The van der Waals surface area contributed by atoms with Crippen molar-refractivity contribution >= 4 is 17.4 Å². The molecule has 0 unspecified atom stereocenters. The lowest BCUT2D eigenvalue weighted by atomic mass is 9.97. The molecule has 1 aromatic heterocycles. The number of anilines is 1. The Morgan fingerprint density at radius 1 is 1.17 bits per heavy atom. The minimum absolute atomic E-state index is 0.271. The zero-order valence-corrected chi connectivity index (χ0v) is 7.43. The van der Waals surface area contributed by atoms with Crippen LogP contribution in [0, 0.1) is 0 Å². The molecular formula is C8H10ClN3. The Morgan fingerprint density at radius 3 is 2.75 bits per heavy atom. The molecule has 1 aliphatic rings. The van der Waals surface area contributed by atoms with Crippen LogP contribution in [0.15, 0.2) is 0 Å². The molecule has 0 fully saturated rings. The lowest BCUT2D eigenvalue weighted by Crippen LogP contribution is -2.10. The number of aromatic nitrogens is 2. The van der Waals surface area contributed by atoms with Crippen LogP contribution in [0.25, 0.3) is 0 Å². The third-order valence-corrected chi connectivity index (χ3v) is 2.36. The fourth-order valence-electron chi connectivity index (χ4n) is 1.59. The first-order valence-corrected chi connectivity index (χ1v) is 4.46. The van der Waals surface area contributed by atoms with Gasteiger partial charge in [-0.2, -0.15) is 0 Å². The normalized spacial score (nSPS) is 15.8. The van der Waals surface area contributed by atoms with Crippen LogP contribution in [0.5, 0.6) is 0 Å². The molecule has 12 heavy (non-hydrogen) atoms. The van der Waals surface area contributed by atoms with Crippen molar-refractivity contribution in [3.63, 3.8) is 0 Å². The van der Waals surface area contributed by atoms with Crippen LogP contribution in [0.4, 0.5) is 5.82 Å². The van der Waals surface area contributed by atoms with Gasteiger partial charge in [0.05, 0.1) is 5.69 Å². The molecule has 1 aromatic rings. The summed E-state index contributed by atoms with van der Waals surface area (Å²) in [5.41, 5.74) is 7.85. The number of hydrogen-bond acceptors (Lipinski definition) is 3. The van der Waals surface area contributed by atoms with E-state index in [1.807, 2.05) is 0 Å². The molecule has 3 nitrogen and oxygen atoms in total. The molecule has 2 N–H and O–H groups in total. The van der Waals surface area contributed by atoms with Crippen LogP contribution in [0.2, 0.25) is 5.28 Å². The third-order valence-electron chi connectivity index (χ3n) is 2.19. The van der Waals surface area contributed by atoms with Gasteiger partial charge in [-0.1, -0.05) is 0 Å². The highest BCUT2D eigenvalue weighted by Gasteiger charge is 2.14. The van der Waals surface area contributed by atoms with Crippen molar-refractivity contribution in [3.05, 3.63) is 16.5 Å². The zero-order chi connectivity index (χ0) is 8.55. The predicted octanol–water partition coefficient (Wildman–Crippen LogP) is 1.59. The summed E-state index contributed by atoms with van der Waals surface area (Å²) in [5.74, 6) is 0.560. The molecule has 1 aliphatic carbocycles. The molecule has 2 rings (SSSR count). The molecule has 1 heterocycles. The molecule has 0 spiro atoms. The maximum Gasteiger partial charge on any atom is 0.224 e. The quantitative estimate of drug-likeness (QED) is 0.622. The van der Waals surface area contributed by atoms with Crippen molar-refractivity contribution in [1.29, 1.82) is 0 Å². The van der Waals surface area contributed by atoms with E-state index >= 15 is 0 Å². The molecular weight excluding hydrogens is 174 g/mol. The summed E-state index contributed by atoms with van der Waals surface area (Å²) in [7, 11) is 0. The largest absolute Gasteiger partial charge is 0.383 e. The average molecular weight is 184 g/mol. The Morgan fingerprint density at radius 2 is 1.92 bits per heavy atom. The van der Waals surface area contributed by atoms with E-state index in [9.17, 15) is 0 Å². The average Bonchev–Trinajstić information content (AvgIpc) is 2.04. The van der Waals surface area contributed by atoms with Crippen LogP contribution in [0.3, 0.4) is 0 Å². The predicted molar refractivity (Wildman–Crippen MR) is 48.1 cm³/mol. The Kier molecular flexibility index (Phi) is 1.89. The lowest BCUT2D eigenvalue weighted by Gasteiger charge is -2.15. The summed E-state index contributed by atoms with van der Waals surface area (Å²) in [5, 5.41) is 0.271. The summed E-state index contributed by atoms with van der Waals surface area (Å²) >= 11 is 5.68. The summed E-state index contributed by atoms with van der Waals surface area (Å²) < 4.78 is 0. The highest BCUT2D eigenvalue weighted by atomic mass is 35.5. The van der Waals surface area contributed by atoms with Crippen molar-refractivity contribution < 1.29 is 0 Å². The minimum Gasteiger partial charge on any atom is -0.383 e. The highest BCUT2D eigenvalue weighted by molar-refractivity contribution is 6.28. The van der Waals surface area contributed by atoms with E-state index < -0.39 is 0 Å². The minimum atomic E-state index is 0.271. The van der Waals surface area contributed by atoms with Gasteiger partial charge in [0, 0.05) is 5.56 Å². The van der Waals surface area contributed by atoms with E-state index in [-0.39, 0.29) is 5.28 Å². The summed E-state index contributed by atoms with van der Waals surface area (Å²) in [6, 6.07) is 0. The van der Waals surface area contributed by atoms with Gasteiger partial charge in [0.15, 0.2) is 0 Å². The van der Waals surface area contributed by atoms with E-state index in [1.54, 1.807) is 0 Å². The highest BCUT2D eigenvalue weighted by Crippen LogP contribution is 2.24. The van der Waals surface area contributed by atoms with Gasteiger partial charge < -0.3 is 5.73 Å². The topological polar surface area (TPSA) is 51.8 Å². The molecule has 4 heteroatoms. The van der Waals surface area contributed by atoms with Crippen molar-refractivity contribution in [2.75, 3.05) is 5.73 Å². The Bertz CT molecular complexity index is 311. The second-order valence-corrected chi connectivity index (χ2v) is 3.35. The molecule has 64 valence electrons. The van der Waals surface area contributed by atoms with E-state index in [0.717, 1.165) is 24.1 Å². The number of aryl methyl sites for hydroxylation is 1. The number of nitrogens with two attached hydrogens (primary N) is 1. The molecule has 0 saturated heterocycles. The fourth-order valence-corrected chi connectivity index (χ4v) is 1.78. The van der Waals surface area contributed by atoms with E-state index in [2.05, 4.69) is 9.97 Å². The molecule has 0 aliphatic heterocycles. The van der Waals surface area contributed by atoms with Gasteiger partial charge in [-0.05, 0) is 37.3 Å². The van der Waals surface area contributed by atoms with Crippen molar-refractivity contribution in [3.8, 4) is 0 Å². The maximum absolute atomic E-state index is 5.71. The summed E-state index contributed by atoms with van der Waals surface area (Å²) in [4.78, 5) is 8.07. The molecule has 0 aromatic carbocycles. The monoisotopic (exact) mass is 183 g/mol. The standard InChI is InChI=1S/C8H10ClN3/c9-8-11-6-4-2-1-3-5(6)7(10)12-8/h1-4H2,(H2,10,11,12). The lowest BCUT2D eigenvalue weighted by molar-refractivity contribution is 0.665. The van der Waals surface area contributed by atoms with Crippen LogP contribution in [-0.4, -0.2) is 9.97 Å². The Balaban J connectivity index is 2.53. The van der Waals surface area contributed by atoms with E-state index in [1.165, 1.54) is 12.8 Å². The van der Waals surface area contributed by atoms with Gasteiger partial charge in [0.1, 0.15) is 5.82 Å². The molecule has 0 radical (unpaired) electrons. The zero-order valence-electron chi connectivity index (χ0n) is 6.68. The van der Waals surface area contributed by atoms with Crippen molar-refractivity contribution in [2.24, 2.45) is 0 Å². The third kappa shape index (κ3) is 1.25. The van der Waals surface area contributed by atoms with Gasteiger partial charge >= 0.3 is 0 Å². The number of nitrogen functional groups attached to an aromatic ring is 1. The van der Waals surface area contributed by atoms with Crippen LogP contribution < -0.4 is 5.73 Å². The number of hydrogen-bond donors (Lipinski definition) is 1. The van der Waals surface area contributed by atoms with Crippen molar-refractivity contribution in [2.45, 2.75) is 25.7 Å². The number of fused-ring (bicyclic) bond motifs is 1. The van der Waals surface area contributed by atoms with Gasteiger partial charge in [0.25, 0.3) is 0 Å². The summed E-state index contributed by atoms with van der Waals surface area (Å²) in [6.07, 6.45) is 4.35. The summed E-state index contributed by atoms with van der Waals surface area (Å²) in [6.45, 7) is 0. The van der Waals surface area contributed by atoms with E-state index in [0.29, 0.717) is 5.82 Å². The maximum atomic E-state index is 5.71. The van der Waals surface area contributed by atoms with Crippen molar-refractivity contribution in [1.82, 2.24) is 9.97 Å². The van der Waals surface area contributed by atoms with Crippen LogP contribution in [-0.2, 0) is 12.8 Å². The number of halogens is 1. The SMILES string of the molecule is Nc1nc(Cl)nc2c1CCCC2. The second-order valence-electron chi connectivity index (χ2n) is 3.01. The fraction of sp³-hybridized carbons (Fsp3) is 0.500. The number of nitrogens with zero attached hydrogens (tertiary/aromatic N) is 2. The first-order valence-electron chi connectivity index (χ1n) is 4.08. The Labute approximate surface area is 76.0 Å². The first kappa shape index (κ1) is 7.80. The van der Waals surface area contributed by atoms with Gasteiger partial charge in [-0.3, -0.25) is 0 Å². The van der Waals surface area contributed by atoms with Crippen LogP contribution >= 0.6 is 11.6 Å². The van der Waals surface area contributed by atoms with E-state index in [4.69, 9.17) is 17.3 Å². The molecule has 0 amide bonds. The van der Waals surface area contributed by atoms with Crippen LogP contribution in [0.1, 0.15) is 24.1 Å². The van der Waals surface area contributed by atoms with Gasteiger partial charge in [-0.15, -0.1) is 0 Å². The number of rotatable bonds is 0. The van der Waals surface area contributed by atoms with Gasteiger partial charge in [0.2, 0.25) is 5.28 Å². The Hall–Kier alpha value is -0.830. The first-order chi connectivity index (χ1) is 5.77. The molecule has 0 bridgehead atoms. The molecule has 0 atom stereocenters.